The molecule has 0 radical (unpaired) electrons. The molecule has 0 spiro atoms. The number of furan rings is 2. The topological polar surface area (TPSA) is 67.4 Å². The fourth-order valence-electron chi connectivity index (χ4n) is 3.33. The van der Waals surface area contributed by atoms with Crippen molar-refractivity contribution in [1.82, 2.24) is 15.1 Å². The van der Waals surface area contributed by atoms with Gasteiger partial charge in [-0.05, 0) is 49.7 Å². The Morgan fingerprint density at radius 2 is 2.12 bits per heavy atom. The van der Waals surface area contributed by atoms with Gasteiger partial charge >= 0.3 is 0 Å². The van der Waals surface area contributed by atoms with E-state index in [9.17, 15) is 0 Å². The Hall–Kier alpha value is -2.31. The van der Waals surface area contributed by atoms with Gasteiger partial charge in [-0.2, -0.15) is 5.10 Å². The summed E-state index contributed by atoms with van der Waals surface area (Å²) in [6.07, 6.45) is 4.00. The van der Waals surface area contributed by atoms with Crippen molar-refractivity contribution in [3.05, 3.63) is 53.8 Å². The van der Waals surface area contributed by atoms with Crippen LogP contribution in [-0.2, 0) is 17.9 Å². The van der Waals surface area contributed by atoms with Crippen molar-refractivity contribution < 1.29 is 13.6 Å². The van der Waals surface area contributed by atoms with Crippen LogP contribution in [0, 0.1) is 0 Å². The molecular formula is C18H21N3O3. The smallest absolute Gasteiger partial charge is 0.152 e. The van der Waals surface area contributed by atoms with E-state index in [1.807, 2.05) is 24.3 Å². The Kier molecular flexibility index (Phi) is 4.23. The van der Waals surface area contributed by atoms with E-state index in [2.05, 4.69) is 21.2 Å². The normalized spacial score (nSPS) is 18.5. The summed E-state index contributed by atoms with van der Waals surface area (Å²) in [6.45, 7) is 2.34. The lowest BCUT2D eigenvalue weighted by atomic mass is 10.1. The van der Waals surface area contributed by atoms with Gasteiger partial charge in [-0.3, -0.25) is 10.00 Å². The molecule has 24 heavy (non-hydrogen) atoms. The summed E-state index contributed by atoms with van der Waals surface area (Å²) in [5.74, 6) is 3.66. The number of likely N-dealkylation sites (tertiary alicyclic amines) is 1. The van der Waals surface area contributed by atoms with E-state index in [0.717, 1.165) is 48.2 Å². The average molecular weight is 327 g/mol. The summed E-state index contributed by atoms with van der Waals surface area (Å²) in [6, 6.07) is 10.3. The van der Waals surface area contributed by atoms with Crippen molar-refractivity contribution in [3.63, 3.8) is 0 Å². The second-order valence-electron chi connectivity index (χ2n) is 6.10. The summed E-state index contributed by atoms with van der Waals surface area (Å²) in [5.41, 5.74) is 0.898. The number of aromatic amines is 1. The molecule has 6 heteroatoms. The van der Waals surface area contributed by atoms with Gasteiger partial charge in [0.05, 0.1) is 12.6 Å². The molecule has 0 aromatic carbocycles. The Balaban J connectivity index is 1.47. The van der Waals surface area contributed by atoms with Gasteiger partial charge in [-0.1, -0.05) is 0 Å². The Bertz CT molecular complexity index is 775. The number of nitrogens with one attached hydrogen (secondary N) is 1. The summed E-state index contributed by atoms with van der Waals surface area (Å²) in [7, 11) is 1.68. The lowest BCUT2D eigenvalue weighted by Gasteiger charge is -2.21. The number of rotatable bonds is 6. The van der Waals surface area contributed by atoms with Gasteiger partial charge in [0.25, 0.3) is 0 Å². The van der Waals surface area contributed by atoms with Crippen LogP contribution in [0.25, 0.3) is 11.5 Å². The molecule has 4 rings (SSSR count). The van der Waals surface area contributed by atoms with Crippen LogP contribution in [0.1, 0.15) is 36.2 Å². The van der Waals surface area contributed by atoms with Crippen LogP contribution in [0.3, 0.4) is 0 Å². The summed E-state index contributed by atoms with van der Waals surface area (Å²) in [5, 5.41) is 6.89. The molecule has 1 N–H and O–H groups in total. The third-order valence-electron chi connectivity index (χ3n) is 4.45. The lowest BCUT2D eigenvalue weighted by Crippen LogP contribution is -2.22. The molecule has 6 nitrogen and oxygen atoms in total. The highest BCUT2D eigenvalue weighted by Gasteiger charge is 2.29. The molecule has 1 aliphatic rings. The van der Waals surface area contributed by atoms with Crippen molar-refractivity contribution in [2.75, 3.05) is 13.7 Å². The molecule has 3 aromatic heterocycles. The van der Waals surface area contributed by atoms with E-state index >= 15 is 0 Å². The molecule has 1 saturated heterocycles. The third kappa shape index (κ3) is 3.02. The van der Waals surface area contributed by atoms with Crippen molar-refractivity contribution in [3.8, 4) is 11.5 Å². The monoisotopic (exact) mass is 327 g/mol. The Labute approximate surface area is 140 Å². The average Bonchev–Trinajstić information content (AvgIpc) is 3.36. The minimum Gasteiger partial charge on any atom is -0.462 e. The second kappa shape index (κ2) is 6.67. The Morgan fingerprint density at radius 3 is 2.96 bits per heavy atom. The maximum absolute atomic E-state index is 5.95. The van der Waals surface area contributed by atoms with Gasteiger partial charge in [0.2, 0.25) is 0 Å². The SMILES string of the molecule is COCc1ccc(C2CCCN2Cc2ccc(-c3ccn[nH]3)o2)o1. The summed E-state index contributed by atoms with van der Waals surface area (Å²) >= 11 is 0. The van der Waals surface area contributed by atoms with Crippen molar-refractivity contribution in [1.29, 1.82) is 0 Å². The maximum Gasteiger partial charge on any atom is 0.152 e. The zero-order valence-electron chi connectivity index (χ0n) is 13.7. The first-order chi connectivity index (χ1) is 11.8. The minimum absolute atomic E-state index is 0.302. The van der Waals surface area contributed by atoms with Crippen LogP contribution >= 0.6 is 0 Å². The summed E-state index contributed by atoms with van der Waals surface area (Å²) in [4.78, 5) is 2.41. The summed E-state index contributed by atoms with van der Waals surface area (Å²) < 4.78 is 17.0. The van der Waals surface area contributed by atoms with E-state index in [1.165, 1.54) is 6.42 Å². The van der Waals surface area contributed by atoms with Crippen LogP contribution in [0.5, 0.6) is 0 Å². The molecule has 126 valence electrons. The highest BCUT2D eigenvalue weighted by atomic mass is 16.5. The first kappa shape index (κ1) is 15.2. The number of H-pyrrole nitrogens is 1. The maximum atomic E-state index is 5.95. The predicted molar refractivity (Wildman–Crippen MR) is 88.1 cm³/mol. The molecule has 0 aliphatic carbocycles. The lowest BCUT2D eigenvalue weighted by molar-refractivity contribution is 0.154. The predicted octanol–water partition coefficient (Wildman–Crippen LogP) is 3.75. The van der Waals surface area contributed by atoms with Crippen LogP contribution < -0.4 is 0 Å². The van der Waals surface area contributed by atoms with Crippen molar-refractivity contribution >= 4 is 0 Å². The van der Waals surface area contributed by atoms with Gasteiger partial charge in [-0.25, -0.2) is 0 Å². The van der Waals surface area contributed by atoms with Crippen LogP contribution in [-0.4, -0.2) is 28.8 Å². The number of nitrogens with zero attached hydrogens (tertiary/aromatic N) is 2. The van der Waals surface area contributed by atoms with Crippen LogP contribution in [0.2, 0.25) is 0 Å². The molecule has 4 heterocycles. The fraction of sp³-hybridized carbons (Fsp3) is 0.389. The van der Waals surface area contributed by atoms with Gasteiger partial charge in [0.1, 0.15) is 29.6 Å². The number of methoxy groups -OCH3 is 1. The van der Waals surface area contributed by atoms with Crippen LogP contribution in [0.4, 0.5) is 0 Å². The fourth-order valence-corrected chi connectivity index (χ4v) is 3.33. The largest absolute Gasteiger partial charge is 0.462 e. The van der Waals surface area contributed by atoms with Crippen LogP contribution in [0.15, 0.2) is 45.4 Å². The second-order valence-corrected chi connectivity index (χ2v) is 6.10. The molecule has 0 saturated carbocycles. The van der Waals surface area contributed by atoms with Gasteiger partial charge in [-0.15, -0.1) is 0 Å². The Morgan fingerprint density at radius 1 is 1.21 bits per heavy atom. The molecule has 1 atom stereocenters. The van der Waals surface area contributed by atoms with Gasteiger partial charge < -0.3 is 13.6 Å². The van der Waals surface area contributed by atoms with E-state index in [-0.39, 0.29) is 0 Å². The highest BCUT2D eigenvalue weighted by molar-refractivity contribution is 5.51. The van der Waals surface area contributed by atoms with Gasteiger partial charge in [0.15, 0.2) is 5.76 Å². The van der Waals surface area contributed by atoms with Gasteiger partial charge in [0, 0.05) is 13.3 Å². The van der Waals surface area contributed by atoms with E-state index in [4.69, 9.17) is 13.6 Å². The standard InChI is InChI=1S/C18H21N3O3/c1-22-12-14-5-7-18(24-14)16-3-2-10-21(16)11-13-4-6-17(23-13)15-8-9-19-20-15/h4-9,16H,2-3,10-12H2,1H3,(H,19,20). The molecule has 3 aromatic rings. The van der Waals surface area contributed by atoms with Crippen molar-refractivity contribution in [2.24, 2.45) is 0 Å². The van der Waals surface area contributed by atoms with E-state index in [0.29, 0.717) is 12.6 Å². The molecule has 1 unspecified atom stereocenters. The molecule has 0 bridgehead atoms. The molecule has 1 fully saturated rings. The zero-order valence-corrected chi connectivity index (χ0v) is 13.7. The highest BCUT2D eigenvalue weighted by Crippen LogP contribution is 2.34. The minimum atomic E-state index is 0.302. The van der Waals surface area contributed by atoms with E-state index < -0.39 is 0 Å². The molecule has 1 aliphatic heterocycles. The zero-order chi connectivity index (χ0) is 16.4. The number of ether oxygens (including phenoxy) is 1. The third-order valence-corrected chi connectivity index (χ3v) is 4.45. The van der Waals surface area contributed by atoms with E-state index in [1.54, 1.807) is 13.3 Å². The van der Waals surface area contributed by atoms with Crippen molar-refractivity contribution in [2.45, 2.75) is 32.0 Å². The first-order valence-corrected chi connectivity index (χ1v) is 8.23. The quantitative estimate of drug-likeness (QED) is 0.747. The first-order valence-electron chi connectivity index (χ1n) is 8.23. The molecular weight excluding hydrogens is 306 g/mol. The molecule has 0 amide bonds. The number of aromatic nitrogens is 2. The number of hydrogen-bond acceptors (Lipinski definition) is 5. The number of hydrogen-bond donors (Lipinski definition) is 1.